The number of guanidine groups is 1. The molecule has 5 rings (SSSR count). The Labute approximate surface area is 318 Å². The summed E-state index contributed by atoms with van der Waals surface area (Å²) in [6.45, 7) is 1.51. The lowest BCUT2D eigenvalue weighted by molar-refractivity contribution is -0.145. The number of rotatable bonds is 8. The van der Waals surface area contributed by atoms with E-state index in [2.05, 4.69) is 31.8 Å². The van der Waals surface area contributed by atoms with E-state index in [4.69, 9.17) is 31.7 Å². The van der Waals surface area contributed by atoms with Gasteiger partial charge in [0.2, 0.25) is 23.7 Å². The largest absolute Gasteiger partial charge is 0.496 e. The summed E-state index contributed by atoms with van der Waals surface area (Å²) in [6, 6.07) is 16.6. The number of carbonyl (C=O) groups is 4. The van der Waals surface area contributed by atoms with E-state index < -0.39 is 41.8 Å². The Balaban J connectivity index is 1.73. The average molecular weight is 757 g/mol. The molecule has 0 aromatic heterocycles. The highest BCUT2D eigenvalue weighted by molar-refractivity contribution is 6.21. The van der Waals surface area contributed by atoms with Crippen LogP contribution < -0.4 is 36.0 Å². The molecule has 0 saturated carbocycles. The zero-order valence-corrected chi connectivity index (χ0v) is 31.4. The number of esters is 1. The van der Waals surface area contributed by atoms with Gasteiger partial charge in [-0.2, -0.15) is 0 Å². The molecule has 1 unspecified atom stereocenters. The second kappa shape index (κ2) is 18.3. The first kappa shape index (κ1) is 39.4. The van der Waals surface area contributed by atoms with Gasteiger partial charge in [0.25, 0.3) is 0 Å². The van der Waals surface area contributed by atoms with Crippen molar-refractivity contribution < 1.29 is 33.4 Å². The number of nitrogens with two attached hydrogens (primary N) is 1. The number of hydrogen-bond acceptors (Lipinski definition) is 8. The van der Waals surface area contributed by atoms with E-state index >= 15 is 0 Å². The molecule has 0 spiro atoms. The Hall–Kier alpha value is -5.82. The maximum absolute atomic E-state index is 14.2. The van der Waals surface area contributed by atoms with Crippen molar-refractivity contribution in [1.29, 1.82) is 0 Å². The van der Waals surface area contributed by atoms with E-state index in [0.29, 0.717) is 29.9 Å². The molecular weight excluding hydrogens is 712 g/mol. The number of aliphatic imine (C=N–C) groups is 1. The number of nitrogens with one attached hydrogen (secondary N) is 4. The summed E-state index contributed by atoms with van der Waals surface area (Å²) >= 11 is 5.52. The minimum atomic E-state index is -1.13. The normalized spacial score (nSPS) is 18.8. The molecule has 4 bridgehead atoms. The highest BCUT2D eigenvalue weighted by atomic mass is 35.5. The number of methoxy groups -OCH3 is 3. The van der Waals surface area contributed by atoms with Crippen molar-refractivity contribution in [2.75, 3.05) is 27.9 Å². The Bertz CT molecular complexity index is 2100. The molecule has 0 fully saturated rings. The quantitative estimate of drug-likeness (QED) is 0.0439. The van der Waals surface area contributed by atoms with Crippen LogP contribution in [0.2, 0.25) is 0 Å². The number of halogens is 1. The summed E-state index contributed by atoms with van der Waals surface area (Å²) in [5.74, 6) is -1.20. The molecule has 0 aliphatic carbocycles. The zero-order valence-electron chi connectivity index (χ0n) is 30.7. The fourth-order valence-electron chi connectivity index (χ4n) is 6.85. The number of benzene rings is 4. The van der Waals surface area contributed by atoms with Gasteiger partial charge in [0.05, 0.1) is 21.3 Å². The van der Waals surface area contributed by atoms with Crippen molar-refractivity contribution in [3.05, 3.63) is 83.9 Å². The van der Waals surface area contributed by atoms with Gasteiger partial charge in [0.1, 0.15) is 29.6 Å². The molecule has 13 nitrogen and oxygen atoms in total. The lowest BCUT2D eigenvalue weighted by Gasteiger charge is -2.26. The summed E-state index contributed by atoms with van der Waals surface area (Å²) in [5.41, 5.74) is 8.74. The van der Waals surface area contributed by atoms with Gasteiger partial charge < -0.3 is 35.9 Å². The van der Waals surface area contributed by atoms with Crippen LogP contribution in [0.3, 0.4) is 0 Å². The number of fused-ring (bicyclic) bond motifs is 9. The van der Waals surface area contributed by atoms with Gasteiger partial charge in [-0.25, -0.2) is 4.79 Å². The Kier molecular flexibility index (Phi) is 13.3. The molecule has 284 valence electrons. The van der Waals surface area contributed by atoms with Crippen molar-refractivity contribution in [3.8, 4) is 22.6 Å². The Morgan fingerprint density at radius 3 is 2.09 bits per heavy atom. The second-order valence-electron chi connectivity index (χ2n) is 12.8. The average Bonchev–Trinajstić information content (AvgIpc) is 3.17. The number of amides is 3. The van der Waals surface area contributed by atoms with E-state index in [1.165, 1.54) is 14.0 Å². The van der Waals surface area contributed by atoms with Crippen LogP contribution in [-0.2, 0) is 36.8 Å². The number of nitrogens with zero attached hydrogens (tertiary/aromatic N) is 1. The third-order valence-electron chi connectivity index (χ3n) is 9.27. The summed E-state index contributed by atoms with van der Waals surface area (Å²) in [5, 5.41) is 12.0. The summed E-state index contributed by atoms with van der Waals surface area (Å²) in [6.07, 6.45) is 4.71. The van der Waals surface area contributed by atoms with Crippen LogP contribution in [0.1, 0.15) is 37.3 Å². The van der Waals surface area contributed by atoms with E-state index in [9.17, 15) is 19.2 Å². The molecule has 1 aliphatic rings. The minimum absolute atomic E-state index is 0.00129. The van der Waals surface area contributed by atoms with Crippen molar-refractivity contribution >= 4 is 63.0 Å². The summed E-state index contributed by atoms with van der Waals surface area (Å²) < 4.78 is 17.4. The SMILES string of the molecule is COC(=O)[C@@H]1C/C=C\Cc2cc3ccccc3c(c2OC)-c2c(OC)c(cc3ccccc23)CC(NC(C)=O)C(=O)N[C@@H](CCCN=C(N)NCl)C(=O)N1. The first-order valence-corrected chi connectivity index (χ1v) is 17.9. The summed E-state index contributed by atoms with van der Waals surface area (Å²) in [7, 11) is 4.44. The molecule has 3 atom stereocenters. The van der Waals surface area contributed by atoms with Crippen molar-refractivity contribution in [2.45, 2.75) is 57.2 Å². The molecule has 54 heavy (non-hydrogen) atoms. The van der Waals surface area contributed by atoms with Gasteiger partial charge in [-0.15, -0.1) is 0 Å². The van der Waals surface area contributed by atoms with E-state index in [0.717, 1.165) is 38.2 Å². The van der Waals surface area contributed by atoms with Crippen LogP contribution in [0.4, 0.5) is 0 Å². The number of ether oxygens (including phenoxy) is 3. The topological polar surface area (TPSA) is 182 Å². The van der Waals surface area contributed by atoms with Crippen molar-refractivity contribution in [2.24, 2.45) is 10.7 Å². The molecule has 0 radical (unpaired) electrons. The third-order valence-corrected chi connectivity index (χ3v) is 9.47. The standard InChI is InChI=1S/C40H45ClN6O7/c1-23(48)44-32-22-27-21-25-13-6-9-16-29(25)34(36(27)53-3)33-28-15-8-5-12-24(28)20-26(35(33)52-2)14-7-10-17-31(39(51)54-4)46-37(49)30(45-38(32)50)18-11-19-43-40(42)47-41/h5-10,12-13,15-16,20-21,30-32H,11,14,17-19,22H2,1-4H3,(H,44,48)(H,45,50)(H,46,49)(H3,42,43,47)/b10-7-/t30-,31-,32?/m0/s1. The van der Waals surface area contributed by atoms with Crippen molar-refractivity contribution in [1.82, 2.24) is 20.8 Å². The van der Waals surface area contributed by atoms with Gasteiger partial charge >= 0.3 is 5.97 Å². The van der Waals surface area contributed by atoms with Crippen LogP contribution in [0, 0.1) is 0 Å². The smallest absolute Gasteiger partial charge is 0.328 e. The van der Waals surface area contributed by atoms with Gasteiger partial charge in [0.15, 0.2) is 0 Å². The third kappa shape index (κ3) is 9.03. The zero-order chi connectivity index (χ0) is 38.8. The second-order valence-corrected chi connectivity index (χ2v) is 13.0. The summed E-state index contributed by atoms with van der Waals surface area (Å²) in [4.78, 5) is 59.8. The molecule has 6 N–H and O–H groups in total. The van der Waals surface area contributed by atoms with Gasteiger partial charge in [-0.1, -0.05) is 60.7 Å². The Morgan fingerprint density at radius 2 is 1.50 bits per heavy atom. The minimum Gasteiger partial charge on any atom is -0.496 e. The molecule has 0 saturated heterocycles. The van der Waals surface area contributed by atoms with Gasteiger partial charge in [-0.05, 0) is 70.5 Å². The van der Waals surface area contributed by atoms with Crippen molar-refractivity contribution in [3.63, 3.8) is 0 Å². The molecule has 1 heterocycles. The van der Waals surface area contributed by atoms with Gasteiger partial charge in [0, 0.05) is 42.8 Å². The lowest BCUT2D eigenvalue weighted by atomic mass is 9.87. The van der Waals surface area contributed by atoms with Crippen LogP contribution >= 0.6 is 11.8 Å². The monoisotopic (exact) mass is 756 g/mol. The van der Waals surface area contributed by atoms with Crippen LogP contribution in [0.25, 0.3) is 32.7 Å². The molecule has 4 aromatic rings. The fourth-order valence-corrected chi connectivity index (χ4v) is 6.91. The predicted molar refractivity (Wildman–Crippen MR) is 209 cm³/mol. The van der Waals surface area contributed by atoms with Crippen LogP contribution in [0.15, 0.2) is 77.8 Å². The van der Waals surface area contributed by atoms with E-state index in [-0.39, 0.29) is 31.8 Å². The number of allylic oxidation sites excluding steroid dienone is 1. The lowest BCUT2D eigenvalue weighted by Crippen LogP contribution is -2.56. The van der Waals surface area contributed by atoms with Crippen LogP contribution in [-0.4, -0.2) is 75.7 Å². The van der Waals surface area contributed by atoms with E-state index in [1.807, 2.05) is 60.7 Å². The maximum Gasteiger partial charge on any atom is 0.328 e. The first-order chi connectivity index (χ1) is 26.1. The predicted octanol–water partition coefficient (Wildman–Crippen LogP) is 4.21. The fraction of sp³-hybridized carbons (Fsp3) is 0.325. The number of carbonyl (C=O) groups excluding carboxylic acids is 4. The van der Waals surface area contributed by atoms with Gasteiger partial charge in [-0.3, -0.25) is 24.2 Å². The molecule has 3 amide bonds. The molecule has 14 heteroatoms. The number of hydrogen-bond donors (Lipinski definition) is 5. The van der Waals surface area contributed by atoms with E-state index in [1.54, 1.807) is 20.3 Å². The molecular formula is C40H45ClN6O7. The highest BCUT2D eigenvalue weighted by Gasteiger charge is 2.31. The first-order valence-electron chi connectivity index (χ1n) is 17.5. The van der Waals surface area contributed by atoms with Crippen LogP contribution in [0.5, 0.6) is 11.5 Å². The highest BCUT2D eigenvalue weighted by Crippen LogP contribution is 2.48. The Morgan fingerprint density at radius 1 is 0.889 bits per heavy atom. The molecule has 1 aliphatic heterocycles. The molecule has 4 aromatic carbocycles. The maximum atomic E-state index is 14.2.